The first-order valence-electron chi connectivity index (χ1n) is 3.86. The van der Waals surface area contributed by atoms with Crippen molar-refractivity contribution in [3.63, 3.8) is 0 Å². The van der Waals surface area contributed by atoms with Crippen LogP contribution in [0, 0.1) is 0 Å². The highest BCUT2D eigenvalue weighted by atomic mass is 35.5. The fourth-order valence-electron chi connectivity index (χ4n) is 1.22. The maximum absolute atomic E-state index is 10.9. The Balaban J connectivity index is 2.26. The second kappa shape index (κ2) is 3.30. The second-order valence-electron chi connectivity index (χ2n) is 2.96. The Kier molecular flexibility index (Phi) is 2.38. The van der Waals surface area contributed by atoms with Gasteiger partial charge in [-0.25, -0.2) is 4.79 Å². The number of carbonyl (C=O) groups excluding carboxylic acids is 1. The number of rotatable bonds is 1. The van der Waals surface area contributed by atoms with Gasteiger partial charge in [-0.2, -0.15) is 0 Å². The predicted molar refractivity (Wildman–Crippen MR) is 54.7 cm³/mol. The first-order chi connectivity index (χ1) is 6.51. The van der Waals surface area contributed by atoms with E-state index in [1.54, 1.807) is 24.3 Å². The van der Waals surface area contributed by atoms with E-state index in [2.05, 4.69) is 0 Å². The van der Waals surface area contributed by atoms with Crippen LogP contribution in [0.3, 0.4) is 0 Å². The average molecular weight is 251 g/mol. The Bertz CT molecular complexity index is 372. The zero-order chi connectivity index (χ0) is 10.3. The van der Waals surface area contributed by atoms with Gasteiger partial charge in [-0.3, -0.25) is 0 Å². The van der Waals surface area contributed by atoms with E-state index in [-0.39, 0.29) is 0 Å². The molecule has 2 nitrogen and oxygen atoms in total. The highest BCUT2D eigenvalue weighted by Crippen LogP contribution is 2.48. The highest BCUT2D eigenvalue weighted by Gasteiger charge is 2.56. The van der Waals surface area contributed by atoms with Crippen LogP contribution in [0.1, 0.15) is 11.7 Å². The van der Waals surface area contributed by atoms with Crippen molar-refractivity contribution in [2.75, 3.05) is 0 Å². The standard InChI is InChI=1S/C9H5Cl3O2/c10-6-3-1-5(2-4-6)7-9(11,12)8(13)14-7/h1-4,7H. The van der Waals surface area contributed by atoms with E-state index in [1.165, 1.54) is 0 Å². The summed E-state index contributed by atoms with van der Waals surface area (Å²) in [5.41, 5.74) is 0.735. The minimum absolute atomic E-state index is 0.601. The van der Waals surface area contributed by atoms with E-state index >= 15 is 0 Å². The minimum atomic E-state index is -1.46. The van der Waals surface area contributed by atoms with Crippen molar-refractivity contribution in [1.82, 2.24) is 0 Å². The normalized spacial score (nSPS) is 23.9. The number of ether oxygens (including phenoxy) is 1. The summed E-state index contributed by atoms with van der Waals surface area (Å²) in [7, 11) is 0. The summed E-state index contributed by atoms with van der Waals surface area (Å²) in [6.45, 7) is 0. The molecule has 0 spiro atoms. The lowest BCUT2D eigenvalue weighted by atomic mass is 10.0. The number of benzene rings is 1. The maximum Gasteiger partial charge on any atom is 0.347 e. The molecule has 0 saturated carbocycles. The molecule has 0 aliphatic carbocycles. The number of alkyl halides is 2. The van der Waals surface area contributed by atoms with Gasteiger partial charge in [0.1, 0.15) is 0 Å². The molecule has 1 heterocycles. The van der Waals surface area contributed by atoms with Crippen LogP contribution in [-0.2, 0) is 9.53 Å². The monoisotopic (exact) mass is 250 g/mol. The number of esters is 1. The largest absolute Gasteiger partial charge is 0.451 e. The van der Waals surface area contributed by atoms with Crippen molar-refractivity contribution >= 4 is 40.8 Å². The van der Waals surface area contributed by atoms with Gasteiger partial charge >= 0.3 is 5.97 Å². The van der Waals surface area contributed by atoms with E-state index in [0.29, 0.717) is 5.02 Å². The second-order valence-corrected chi connectivity index (χ2v) is 4.78. The van der Waals surface area contributed by atoms with E-state index in [4.69, 9.17) is 39.5 Å². The zero-order valence-corrected chi connectivity index (χ0v) is 9.10. The Morgan fingerprint density at radius 2 is 1.79 bits per heavy atom. The van der Waals surface area contributed by atoms with E-state index in [0.717, 1.165) is 5.56 Å². The molecule has 0 bridgehead atoms. The molecule has 1 unspecified atom stereocenters. The summed E-state index contributed by atoms with van der Waals surface area (Å²) in [6.07, 6.45) is -0.601. The third-order valence-corrected chi connectivity index (χ3v) is 2.96. The molecule has 2 rings (SSSR count). The molecule has 1 aromatic rings. The molecule has 1 aliphatic rings. The summed E-state index contributed by atoms with van der Waals surface area (Å²) in [5, 5.41) is 0.606. The van der Waals surface area contributed by atoms with E-state index in [9.17, 15) is 4.79 Å². The molecule has 0 radical (unpaired) electrons. The van der Waals surface area contributed by atoms with Crippen LogP contribution in [-0.4, -0.2) is 10.3 Å². The third-order valence-electron chi connectivity index (χ3n) is 2.00. The molecule has 74 valence electrons. The van der Waals surface area contributed by atoms with Gasteiger partial charge in [0.05, 0.1) is 0 Å². The van der Waals surface area contributed by atoms with Crippen molar-refractivity contribution < 1.29 is 9.53 Å². The molecule has 1 saturated heterocycles. The molecule has 0 amide bonds. The van der Waals surface area contributed by atoms with Gasteiger partial charge in [-0.1, -0.05) is 46.9 Å². The lowest BCUT2D eigenvalue weighted by Gasteiger charge is -2.37. The molecule has 1 atom stereocenters. The molecule has 0 N–H and O–H groups in total. The summed E-state index contributed by atoms with van der Waals surface area (Å²) in [5.74, 6) is -0.610. The SMILES string of the molecule is O=C1OC(c2ccc(Cl)cc2)C1(Cl)Cl. The van der Waals surface area contributed by atoms with Crippen LogP contribution in [0.5, 0.6) is 0 Å². The Morgan fingerprint density at radius 3 is 2.21 bits per heavy atom. The Morgan fingerprint density at radius 1 is 1.21 bits per heavy atom. The van der Waals surface area contributed by atoms with Gasteiger partial charge in [0, 0.05) is 5.02 Å². The lowest BCUT2D eigenvalue weighted by molar-refractivity contribution is -0.172. The average Bonchev–Trinajstić information content (AvgIpc) is 2.16. The molecule has 1 aromatic carbocycles. The van der Waals surface area contributed by atoms with Crippen molar-refractivity contribution in [3.05, 3.63) is 34.9 Å². The Hall–Kier alpha value is -0.440. The summed E-state index contributed by atoms with van der Waals surface area (Å²) in [4.78, 5) is 10.9. The quantitative estimate of drug-likeness (QED) is 0.566. The lowest BCUT2D eigenvalue weighted by Crippen LogP contribution is -2.48. The number of carbonyl (C=O) groups is 1. The zero-order valence-electron chi connectivity index (χ0n) is 6.84. The van der Waals surface area contributed by atoms with Crippen LogP contribution in [0.15, 0.2) is 24.3 Å². The van der Waals surface area contributed by atoms with Gasteiger partial charge in [-0.05, 0) is 17.7 Å². The topological polar surface area (TPSA) is 26.3 Å². The number of cyclic esters (lactones) is 1. The first kappa shape index (κ1) is 10.1. The van der Waals surface area contributed by atoms with Crippen molar-refractivity contribution in [1.29, 1.82) is 0 Å². The van der Waals surface area contributed by atoms with Crippen LogP contribution >= 0.6 is 34.8 Å². The summed E-state index contributed by atoms with van der Waals surface area (Å²) >= 11 is 17.2. The summed E-state index contributed by atoms with van der Waals surface area (Å²) in [6, 6.07) is 6.82. The molecular weight excluding hydrogens is 246 g/mol. The minimum Gasteiger partial charge on any atom is -0.451 e. The van der Waals surface area contributed by atoms with Crippen molar-refractivity contribution in [2.45, 2.75) is 10.4 Å². The van der Waals surface area contributed by atoms with Gasteiger partial charge in [0.25, 0.3) is 4.33 Å². The maximum atomic E-state index is 10.9. The van der Waals surface area contributed by atoms with Gasteiger partial charge in [-0.15, -0.1) is 0 Å². The van der Waals surface area contributed by atoms with E-state index in [1.807, 2.05) is 0 Å². The molecular formula is C9H5Cl3O2. The summed E-state index contributed by atoms with van der Waals surface area (Å²) < 4.78 is 3.37. The molecule has 0 aromatic heterocycles. The first-order valence-corrected chi connectivity index (χ1v) is 4.99. The molecule has 5 heteroatoms. The highest BCUT2D eigenvalue weighted by molar-refractivity contribution is 6.59. The fourth-order valence-corrected chi connectivity index (χ4v) is 1.78. The fraction of sp³-hybridized carbons (Fsp3) is 0.222. The van der Waals surface area contributed by atoms with Gasteiger partial charge in [0.15, 0.2) is 6.10 Å². The molecule has 1 aliphatic heterocycles. The Labute approximate surface area is 95.7 Å². The number of hydrogen-bond acceptors (Lipinski definition) is 2. The molecule has 14 heavy (non-hydrogen) atoms. The third kappa shape index (κ3) is 1.48. The predicted octanol–water partition coefficient (Wildman–Crippen LogP) is 3.11. The molecule has 1 fully saturated rings. The van der Waals surface area contributed by atoms with Crippen LogP contribution < -0.4 is 0 Å². The van der Waals surface area contributed by atoms with Gasteiger partial charge < -0.3 is 4.74 Å². The van der Waals surface area contributed by atoms with Crippen LogP contribution in [0.25, 0.3) is 0 Å². The van der Waals surface area contributed by atoms with Crippen LogP contribution in [0.2, 0.25) is 5.02 Å². The van der Waals surface area contributed by atoms with Crippen LogP contribution in [0.4, 0.5) is 0 Å². The van der Waals surface area contributed by atoms with Crippen molar-refractivity contribution in [2.24, 2.45) is 0 Å². The smallest absolute Gasteiger partial charge is 0.347 e. The van der Waals surface area contributed by atoms with Gasteiger partial charge in [0.2, 0.25) is 0 Å². The number of halogens is 3. The van der Waals surface area contributed by atoms with Crippen molar-refractivity contribution in [3.8, 4) is 0 Å². The van der Waals surface area contributed by atoms with E-state index < -0.39 is 16.4 Å². The number of hydrogen-bond donors (Lipinski definition) is 0.